The number of aromatic nitrogens is 6. The highest BCUT2D eigenvalue weighted by molar-refractivity contribution is 5.86. The predicted octanol–water partition coefficient (Wildman–Crippen LogP) is 2.08. The molecule has 0 saturated heterocycles. The van der Waals surface area contributed by atoms with Crippen molar-refractivity contribution < 1.29 is 4.74 Å². The Balaban J connectivity index is 1.69. The first-order chi connectivity index (χ1) is 12.2. The van der Waals surface area contributed by atoms with Gasteiger partial charge in [0.1, 0.15) is 18.1 Å². The van der Waals surface area contributed by atoms with Crippen LogP contribution in [0.3, 0.4) is 0 Å². The summed E-state index contributed by atoms with van der Waals surface area (Å²) < 4.78 is 8.99. The molecular formula is C17H19N7O. The molecule has 0 radical (unpaired) electrons. The molecule has 0 atom stereocenters. The third kappa shape index (κ3) is 2.70. The van der Waals surface area contributed by atoms with Gasteiger partial charge in [-0.15, -0.1) is 0 Å². The normalized spacial score (nSPS) is 11.5. The van der Waals surface area contributed by atoms with E-state index in [9.17, 15) is 0 Å². The molecule has 0 unspecified atom stereocenters. The fourth-order valence-corrected chi connectivity index (χ4v) is 2.90. The van der Waals surface area contributed by atoms with E-state index in [1.54, 1.807) is 18.0 Å². The van der Waals surface area contributed by atoms with Crippen LogP contribution in [0.2, 0.25) is 0 Å². The first-order valence-corrected chi connectivity index (χ1v) is 8.00. The molecule has 0 aliphatic heterocycles. The first-order valence-electron chi connectivity index (χ1n) is 8.00. The van der Waals surface area contributed by atoms with Crippen LogP contribution in [-0.2, 0) is 24.9 Å². The Kier molecular flexibility index (Phi) is 3.81. The minimum atomic E-state index is 0.352. The lowest BCUT2D eigenvalue weighted by atomic mass is 10.3. The number of imidazole rings is 1. The minimum absolute atomic E-state index is 0.352. The molecule has 25 heavy (non-hydrogen) atoms. The first kappa shape index (κ1) is 15.5. The Hall–Kier alpha value is -3.00. The van der Waals surface area contributed by atoms with Gasteiger partial charge in [0.05, 0.1) is 30.0 Å². The largest absolute Gasteiger partial charge is 0.377 e. The number of ether oxygens (including phenoxy) is 1. The lowest BCUT2D eigenvalue weighted by Crippen LogP contribution is -2.08. The van der Waals surface area contributed by atoms with Gasteiger partial charge in [-0.25, -0.2) is 15.0 Å². The molecule has 4 rings (SSSR count). The molecule has 128 valence electrons. The lowest BCUT2D eigenvalue weighted by molar-refractivity contribution is 0.178. The Bertz CT molecular complexity index is 1050. The number of fused-ring (bicyclic) bond motifs is 2. The second kappa shape index (κ2) is 6.14. The molecule has 0 aromatic carbocycles. The maximum absolute atomic E-state index is 5.17. The van der Waals surface area contributed by atoms with E-state index in [1.807, 2.05) is 25.5 Å². The number of nitrogens with zero attached hydrogens (tertiary/aromatic N) is 6. The number of rotatable bonds is 5. The molecular weight excluding hydrogens is 318 g/mol. The quantitative estimate of drug-likeness (QED) is 0.600. The van der Waals surface area contributed by atoms with E-state index in [4.69, 9.17) is 4.74 Å². The molecule has 0 saturated carbocycles. The van der Waals surface area contributed by atoms with Crippen molar-refractivity contribution in [1.29, 1.82) is 0 Å². The van der Waals surface area contributed by atoms with Crippen molar-refractivity contribution in [3.8, 4) is 0 Å². The summed E-state index contributed by atoms with van der Waals surface area (Å²) >= 11 is 0. The standard InChI is InChI=1S/C17H19N7O/c1-11-5-4-6-24-12(8-19-16(11)24)7-18-15-13-9-20-23(2)17(13)22-14(21-15)10-25-3/h4-6,8-9H,7,10H2,1-3H3,(H,18,21,22). The number of aryl methyl sites for hydroxylation is 2. The highest BCUT2D eigenvalue weighted by Gasteiger charge is 2.12. The van der Waals surface area contributed by atoms with Crippen molar-refractivity contribution in [3.05, 3.63) is 47.8 Å². The predicted molar refractivity (Wildman–Crippen MR) is 94.3 cm³/mol. The Morgan fingerprint density at radius 2 is 2.08 bits per heavy atom. The van der Waals surface area contributed by atoms with E-state index in [2.05, 4.69) is 42.8 Å². The Morgan fingerprint density at radius 3 is 2.92 bits per heavy atom. The van der Waals surface area contributed by atoms with Gasteiger partial charge in [-0.05, 0) is 18.6 Å². The van der Waals surface area contributed by atoms with Crippen molar-refractivity contribution in [1.82, 2.24) is 29.1 Å². The van der Waals surface area contributed by atoms with E-state index in [0.717, 1.165) is 33.8 Å². The molecule has 8 nitrogen and oxygen atoms in total. The van der Waals surface area contributed by atoms with Gasteiger partial charge < -0.3 is 14.5 Å². The van der Waals surface area contributed by atoms with Gasteiger partial charge in [-0.3, -0.25) is 4.68 Å². The van der Waals surface area contributed by atoms with Gasteiger partial charge in [0.2, 0.25) is 0 Å². The monoisotopic (exact) mass is 337 g/mol. The van der Waals surface area contributed by atoms with Gasteiger partial charge in [-0.1, -0.05) is 6.07 Å². The number of nitrogens with one attached hydrogen (secondary N) is 1. The van der Waals surface area contributed by atoms with E-state index < -0.39 is 0 Å². The van der Waals surface area contributed by atoms with Crippen LogP contribution < -0.4 is 5.32 Å². The van der Waals surface area contributed by atoms with Crippen molar-refractivity contribution >= 4 is 22.5 Å². The van der Waals surface area contributed by atoms with Gasteiger partial charge in [-0.2, -0.15) is 5.10 Å². The van der Waals surface area contributed by atoms with Crippen molar-refractivity contribution in [3.63, 3.8) is 0 Å². The summed E-state index contributed by atoms with van der Waals surface area (Å²) in [5, 5.41) is 8.55. The molecule has 0 aliphatic rings. The Morgan fingerprint density at radius 1 is 1.20 bits per heavy atom. The van der Waals surface area contributed by atoms with Crippen molar-refractivity contribution in [2.24, 2.45) is 7.05 Å². The topological polar surface area (TPSA) is 82.2 Å². The molecule has 0 aliphatic carbocycles. The van der Waals surface area contributed by atoms with Crippen LogP contribution in [0.5, 0.6) is 0 Å². The maximum Gasteiger partial charge on any atom is 0.163 e. The second-order valence-electron chi connectivity index (χ2n) is 5.91. The summed E-state index contributed by atoms with van der Waals surface area (Å²) in [5.74, 6) is 1.36. The second-order valence-corrected chi connectivity index (χ2v) is 5.91. The van der Waals surface area contributed by atoms with Gasteiger partial charge in [0.25, 0.3) is 0 Å². The zero-order valence-electron chi connectivity index (χ0n) is 14.4. The molecule has 0 bridgehead atoms. The van der Waals surface area contributed by atoms with E-state index in [0.29, 0.717) is 19.0 Å². The lowest BCUT2D eigenvalue weighted by Gasteiger charge is -2.09. The average molecular weight is 337 g/mol. The van der Waals surface area contributed by atoms with Crippen molar-refractivity contribution in [2.45, 2.75) is 20.1 Å². The fourth-order valence-electron chi connectivity index (χ4n) is 2.90. The highest BCUT2D eigenvalue weighted by atomic mass is 16.5. The molecule has 0 spiro atoms. The Labute approximate surface area is 144 Å². The highest BCUT2D eigenvalue weighted by Crippen LogP contribution is 2.21. The third-order valence-corrected chi connectivity index (χ3v) is 4.16. The molecule has 8 heteroatoms. The summed E-state index contributed by atoms with van der Waals surface area (Å²) in [6, 6.07) is 4.08. The summed E-state index contributed by atoms with van der Waals surface area (Å²) in [5.41, 5.74) is 3.95. The third-order valence-electron chi connectivity index (χ3n) is 4.16. The van der Waals surface area contributed by atoms with Gasteiger partial charge in [0.15, 0.2) is 11.5 Å². The number of anilines is 1. The summed E-state index contributed by atoms with van der Waals surface area (Å²) in [6.07, 6.45) is 5.67. The smallest absolute Gasteiger partial charge is 0.163 e. The minimum Gasteiger partial charge on any atom is -0.377 e. The number of methoxy groups -OCH3 is 1. The van der Waals surface area contributed by atoms with Crippen LogP contribution in [-0.4, -0.2) is 36.2 Å². The number of pyridine rings is 1. The summed E-state index contributed by atoms with van der Waals surface area (Å²) in [4.78, 5) is 13.6. The number of hydrogen-bond donors (Lipinski definition) is 1. The number of hydrogen-bond acceptors (Lipinski definition) is 6. The SMILES string of the molecule is COCc1nc(NCc2cnc3c(C)cccn23)c2cnn(C)c2n1. The van der Waals surface area contributed by atoms with E-state index >= 15 is 0 Å². The van der Waals surface area contributed by atoms with Crippen molar-refractivity contribution in [2.75, 3.05) is 12.4 Å². The fraction of sp³-hybridized carbons (Fsp3) is 0.294. The van der Waals surface area contributed by atoms with Crippen LogP contribution in [0.1, 0.15) is 17.1 Å². The van der Waals surface area contributed by atoms with Crippen LogP contribution in [0.4, 0.5) is 5.82 Å². The van der Waals surface area contributed by atoms with Gasteiger partial charge >= 0.3 is 0 Å². The molecule has 0 fully saturated rings. The van der Waals surface area contributed by atoms with Crippen LogP contribution >= 0.6 is 0 Å². The van der Waals surface area contributed by atoms with E-state index in [-0.39, 0.29) is 0 Å². The van der Waals surface area contributed by atoms with Crippen LogP contribution in [0.25, 0.3) is 16.7 Å². The van der Waals surface area contributed by atoms with Gasteiger partial charge in [0, 0.05) is 20.4 Å². The zero-order chi connectivity index (χ0) is 17.4. The van der Waals surface area contributed by atoms with Crippen LogP contribution in [0, 0.1) is 6.92 Å². The molecule has 4 aromatic rings. The summed E-state index contributed by atoms with van der Waals surface area (Å²) in [6.45, 7) is 3.00. The molecule has 4 heterocycles. The molecule has 4 aromatic heterocycles. The van der Waals surface area contributed by atoms with Crippen LogP contribution in [0.15, 0.2) is 30.7 Å². The summed E-state index contributed by atoms with van der Waals surface area (Å²) in [7, 11) is 3.49. The molecule has 1 N–H and O–H groups in total. The zero-order valence-corrected chi connectivity index (χ0v) is 14.4. The maximum atomic E-state index is 5.17. The average Bonchev–Trinajstić information content (AvgIpc) is 3.18. The van der Waals surface area contributed by atoms with E-state index in [1.165, 1.54) is 0 Å². The molecule has 0 amide bonds.